The van der Waals surface area contributed by atoms with Gasteiger partial charge in [-0.2, -0.15) is 10.2 Å². The van der Waals surface area contributed by atoms with E-state index in [4.69, 9.17) is 0 Å². The Morgan fingerprint density at radius 1 is 0.618 bits per heavy atom. The van der Waals surface area contributed by atoms with E-state index >= 15 is 0 Å². The molecule has 0 atom stereocenters. The molecule has 0 fully saturated rings. The molecule has 0 heterocycles. The molecule has 0 radical (unpaired) electrons. The number of rotatable bonds is 6. The Labute approximate surface area is 194 Å². The Kier molecular flexibility index (Phi) is 7.12. The summed E-state index contributed by atoms with van der Waals surface area (Å²) < 4.78 is 0. The van der Waals surface area contributed by atoms with Crippen LogP contribution in [-0.2, 0) is 0 Å². The molecule has 0 unspecified atom stereocenters. The summed E-state index contributed by atoms with van der Waals surface area (Å²) in [6, 6.07) is 13.8. The number of amides is 2. The van der Waals surface area contributed by atoms with Gasteiger partial charge in [0.25, 0.3) is 11.8 Å². The highest BCUT2D eigenvalue weighted by molar-refractivity contribution is 6.04. The summed E-state index contributed by atoms with van der Waals surface area (Å²) in [7, 11) is 0. The molecule has 0 aliphatic heterocycles. The van der Waals surface area contributed by atoms with Gasteiger partial charge in [0, 0.05) is 34.4 Å². The molecule has 0 spiro atoms. The lowest BCUT2D eigenvalue weighted by atomic mass is 10.1. The average molecular weight is 462 g/mol. The van der Waals surface area contributed by atoms with Crippen LogP contribution < -0.4 is 10.9 Å². The second kappa shape index (κ2) is 10.2. The molecule has 0 aromatic heterocycles. The number of carbonyl (C=O) groups excluding carboxylic acids is 2. The Balaban J connectivity index is 1.63. The maximum absolute atomic E-state index is 12.3. The van der Waals surface area contributed by atoms with E-state index in [1.165, 1.54) is 60.7 Å². The van der Waals surface area contributed by atoms with Crippen LogP contribution in [-0.4, -0.2) is 43.7 Å². The molecule has 34 heavy (non-hydrogen) atoms. The molecule has 2 amide bonds. The van der Waals surface area contributed by atoms with Gasteiger partial charge in [-0.15, -0.1) is 0 Å². The topological polar surface area (TPSA) is 164 Å². The lowest BCUT2D eigenvalue weighted by Crippen LogP contribution is -2.21. The van der Waals surface area contributed by atoms with Gasteiger partial charge < -0.3 is 20.4 Å². The Morgan fingerprint density at radius 2 is 0.971 bits per heavy atom. The van der Waals surface area contributed by atoms with E-state index in [9.17, 15) is 30.0 Å². The van der Waals surface area contributed by atoms with Gasteiger partial charge in [0.05, 0.1) is 11.4 Å². The van der Waals surface area contributed by atoms with Crippen molar-refractivity contribution in [2.24, 2.45) is 10.2 Å². The fourth-order valence-corrected chi connectivity index (χ4v) is 2.94. The first-order valence-electron chi connectivity index (χ1n) is 9.99. The summed E-state index contributed by atoms with van der Waals surface area (Å²) in [6.45, 7) is 3.17. The van der Waals surface area contributed by atoms with E-state index in [-0.39, 0.29) is 34.1 Å². The maximum atomic E-state index is 12.3. The van der Waals surface area contributed by atoms with Gasteiger partial charge in [0.2, 0.25) is 0 Å². The number of nitrogens with one attached hydrogen (secondary N) is 2. The lowest BCUT2D eigenvalue weighted by Gasteiger charge is -2.07. The predicted molar refractivity (Wildman–Crippen MR) is 125 cm³/mol. The molecule has 0 aliphatic rings. The van der Waals surface area contributed by atoms with Crippen molar-refractivity contribution in [2.75, 3.05) is 0 Å². The molecule has 174 valence electrons. The second-order valence-electron chi connectivity index (χ2n) is 7.26. The van der Waals surface area contributed by atoms with Gasteiger partial charge in [-0.3, -0.25) is 9.59 Å². The minimum atomic E-state index is -0.527. The fourth-order valence-electron chi connectivity index (χ4n) is 2.94. The standard InChI is InChI=1S/C24H22N4O6/c1-13(19-9-7-17(29)11-21(19)31)25-27-23(33)15-3-5-16(6-4-15)24(34)28-26-14(2)20-10-8-18(30)12-22(20)32/h3-12,29-32H,1-2H3,(H,27,33)(H,28,34)/b25-13+,26-14+. The van der Waals surface area contributed by atoms with Gasteiger partial charge in [0.15, 0.2) is 0 Å². The molecule has 3 rings (SSSR count). The Morgan fingerprint density at radius 3 is 1.29 bits per heavy atom. The van der Waals surface area contributed by atoms with Crippen molar-refractivity contribution < 1.29 is 30.0 Å². The predicted octanol–water partition coefficient (Wildman–Crippen LogP) is 2.82. The zero-order chi connectivity index (χ0) is 24.8. The molecule has 0 saturated heterocycles. The van der Waals surface area contributed by atoms with Crippen LogP contribution in [0.1, 0.15) is 45.7 Å². The van der Waals surface area contributed by atoms with Crippen molar-refractivity contribution in [3.05, 3.63) is 82.9 Å². The molecular formula is C24H22N4O6. The van der Waals surface area contributed by atoms with Crippen molar-refractivity contribution in [3.63, 3.8) is 0 Å². The normalized spacial score (nSPS) is 11.7. The molecule has 0 aliphatic carbocycles. The van der Waals surface area contributed by atoms with Gasteiger partial charge in [-0.25, -0.2) is 10.9 Å². The zero-order valence-corrected chi connectivity index (χ0v) is 18.3. The van der Waals surface area contributed by atoms with Gasteiger partial charge >= 0.3 is 0 Å². The molecule has 3 aromatic rings. The number of carbonyl (C=O) groups is 2. The summed E-state index contributed by atoms with van der Waals surface area (Å²) in [5.41, 5.74) is 6.58. The second-order valence-corrected chi connectivity index (χ2v) is 7.26. The molecule has 6 N–H and O–H groups in total. The van der Waals surface area contributed by atoms with Crippen molar-refractivity contribution >= 4 is 23.2 Å². The number of nitrogens with zero attached hydrogens (tertiary/aromatic N) is 2. The first-order chi connectivity index (χ1) is 16.2. The summed E-state index contributed by atoms with van der Waals surface area (Å²) in [5, 5.41) is 46.4. The van der Waals surface area contributed by atoms with E-state index in [1.807, 2.05) is 0 Å². The maximum Gasteiger partial charge on any atom is 0.271 e. The van der Waals surface area contributed by atoms with Crippen LogP contribution in [0.5, 0.6) is 23.0 Å². The summed E-state index contributed by atoms with van der Waals surface area (Å²) in [6.07, 6.45) is 0. The van der Waals surface area contributed by atoms with E-state index in [1.54, 1.807) is 13.8 Å². The molecule has 10 heteroatoms. The van der Waals surface area contributed by atoms with E-state index < -0.39 is 11.8 Å². The monoisotopic (exact) mass is 462 g/mol. The number of phenols is 4. The lowest BCUT2D eigenvalue weighted by molar-refractivity contribution is 0.0943. The number of hydrogen-bond donors (Lipinski definition) is 6. The van der Waals surface area contributed by atoms with Crippen molar-refractivity contribution in [1.82, 2.24) is 10.9 Å². The van der Waals surface area contributed by atoms with Crippen molar-refractivity contribution in [3.8, 4) is 23.0 Å². The summed E-state index contributed by atoms with van der Waals surface area (Å²) >= 11 is 0. The average Bonchev–Trinajstić information content (AvgIpc) is 2.80. The number of aromatic hydroxyl groups is 4. The van der Waals surface area contributed by atoms with Gasteiger partial charge in [0.1, 0.15) is 23.0 Å². The first-order valence-corrected chi connectivity index (χ1v) is 9.99. The van der Waals surface area contributed by atoms with Crippen LogP contribution in [0.25, 0.3) is 0 Å². The van der Waals surface area contributed by atoms with Crippen LogP contribution in [0.4, 0.5) is 0 Å². The number of benzene rings is 3. The molecule has 10 nitrogen and oxygen atoms in total. The zero-order valence-electron chi connectivity index (χ0n) is 18.3. The van der Waals surface area contributed by atoms with E-state index in [2.05, 4.69) is 21.1 Å². The third-order valence-electron chi connectivity index (χ3n) is 4.80. The van der Waals surface area contributed by atoms with Crippen molar-refractivity contribution in [1.29, 1.82) is 0 Å². The third kappa shape index (κ3) is 5.68. The van der Waals surface area contributed by atoms with Crippen molar-refractivity contribution in [2.45, 2.75) is 13.8 Å². The highest BCUT2D eigenvalue weighted by Crippen LogP contribution is 2.24. The largest absolute Gasteiger partial charge is 0.508 e. The summed E-state index contributed by atoms with van der Waals surface area (Å²) in [4.78, 5) is 24.7. The SMILES string of the molecule is C/C(=N\NC(=O)c1ccc(C(=O)N/N=C(\C)c2ccc(O)cc2O)cc1)c1ccc(O)cc1O. The molecule has 0 saturated carbocycles. The van der Waals surface area contributed by atoms with E-state index in [0.29, 0.717) is 22.6 Å². The number of hydrogen-bond acceptors (Lipinski definition) is 8. The Bertz CT molecular complexity index is 1200. The number of phenolic OH excluding ortho intramolecular Hbond substituents is 4. The smallest absolute Gasteiger partial charge is 0.271 e. The Hall–Kier alpha value is -4.86. The highest BCUT2D eigenvalue weighted by atomic mass is 16.3. The van der Waals surface area contributed by atoms with Crippen LogP contribution in [0.3, 0.4) is 0 Å². The van der Waals surface area contributed by atoms with Crippen LogP contribution in [0.15, 0.2) is 70.9 Å². The van der Waals surface area contributed by atoms with Crippen LogP contribution in [0, 0.1) is 0 Å². The third-order valence-corrected chi connectivity index (χ3v) is 4.80. The minimum absolute atomic E-state index is 0.0958. The summed E-state index contributed by atoms with van der Waals surface area (Å²) in [5.74, 6) is -1.60. The molecule has 3 aromatic carbocycles. The highest BCUT2D eigenvalue weighted by Gasteiger charge is 2.11. The molecule has 0 bridgehead atoms. The first kappa shape index (κ1) is 23.8. The number of hydrazone groups is 2. The van der Waals surface area contributed by atoms with Crippen LogP contribution >= 0.6 is 0 Å². The van der Waals surface area contributed by atoms with Crippen LogP contribution in [0.2, 0.25) is 0 Å². The quantitative estimate of drug-likeness (QED) is 0.244. The van der Waals surface area contributed by atoms with Gasteiger partial charge in [-0.05, 0) is 62.4 Å². The van der Waals surface area contributed by atoms with E-state index in [0.717, 1.165) is 0 Å². The fraction of sp³-hybridized carbons (Fsp3) is 0.0833. The van der Waals surface area contributed by atoms with Gasteiger partial charge in [-0.1, -0.05) is 0 Å². The minimum Gasteiger partial charge on any atom is -0.508 e. The molecular weight excluding hydrogens is 440 g/mol.